The van der Waals surface area contributed by atoms with Crippen LogP contribution in [0.15, 0.2) is 12.3 Å². The number of rotatable bonds is 2. The molecule has 6 nitrogen and oxygen atoms in total. The number of carbonyl (C=O) groups is 2. The van der Waals surface area contributed by atoms with E-state index in [1.165, 1.54) is 11.1 Å². The van der Waals surface area contributed by atoms with Crippen LogP contribution in [0.5, 0.6) is 0 Å². The first-order valence-electron chi connectivity index (χ1n) is 6.17. The Labute approximate surface area is 122 Å². The third-order valence-corrected chi connectivity index (χ3v) is 2.95. The fourth-order valence-electron chi connectivity index (χ4n) is 1.85. The summed E-state index contributed by atoms with van der Waals surface area (Å²) < 4.78 is 5.20. The molecule has 1 aliphatic heterocycles. The zero-order valence-electron chi connectivity index (χ0n) is 11.6. The van der Waals surface area contributed by atoms with Crippen molar-refractivity contribution in [2.75, 3.05) is 11.9 Å². The van der Waals surface area contributed by atoms with Gasteiger partial charge in [-0.15, -0.1) is 0 Å². The molecule has 0 fully saturated rings. The van der Waals surface area contributed by atoms with Crippen LogP contribution in [0.4, 0.5) is 10.5 Å². The molecule has 1 aromatic heterocycles. The Bertz CT molecular complexity index is 554. The molecule has 0 unspecified atom stereocenters. The highest BCUT2D eigenvalue weighted by molar-refractivity contribution is 6.30. The molecule has 20 heavy (non-hydrogen) atoms. The number of nitrogens with zero attached hydrogens (tertiary/aromatic N) is 2. The molecule has 0 saturated heterocycles. The highest BCUT2D eigenvalue weighted by Crippen LogP contribution is 2.27. The van der Waals surface area contributed by atoms with Gasteiger partial charge in [0.05, 0.1) is 12.2 Å². The number of ether oxygens (including phenoxy) is 1. The van der Waals surface area contributed by atoms with E-state index in [1.54, 1.807) is 26.8 Å². The van der Waals surface area contributed by atoms with E-state index >= 15 is 0 Å². The van der Waals surface area contributed by atoms with Gasteiger partial charge in [0, 0.05) is 11.8 Å². The Kier molecular flexibility index (Phi) is 3.85. The van der Waals surface area contributed by atoms with Gasteiger partial charge in [0.2, 0.25) is 0 Å². The van der Waals surface area contributed by atoms with E-state index in [4.69, 9.17) is 16.3 Å². The number of esters is 1. The van der Waals surface area contributed by atoms with E-state index in [2.05, 4.69) is 10.3 Å². The lowest BCUT2D eigenvalue weighted by Gasteiger charge is -2.30. The summed E-state index contributed by atoms with van der Waals surface area (Å²) >= 11 is 5.99. The lowest BCUT2D eigenvalue weighted by Crippen LogP contribution is -2.43. The zero-order chi connectivity index (χ0) is 14.9. The molecule has 2 rings (SSSR count). The van der Waals surface area contributed by atoms with Crippen LogP contribution < -0.4 is 5.32 Å². The number of pyridine rings is 1. The average Bonchev–Trinajstić information content (AvgIpc) is 2.29. The second-order valence-electron chi connectivity index (χ2n) is 5.50. The largest absolute Gasteiger partial charge is 0.459 e. The molecule has 108 valence electrons. The number of fused-ring (bicyclic) bond motifs is 1. The zero-order valence-corrected chi connectivity index (χ0v) is 12.3. The molecule has 0 spiro atoms. The molecule has 2 heterocycles. The number of nitrogens with one attached hydrogen (secondary N) is 1. The average molecular weight is 298 g/mol. The van der Waals surface area contributed by atoms with Gasteiger partial charge in [-0.2, -0.15) is 0 Å². The summed E-state index contributed by atoms with van der Waals surface area (Å²) in [4.78, 5) is 29.0. The molecular weight excluding hydrogens is 282 g/mol. The maximum atomic E-state index is 11.9. The van der Waals surface area contributed by atoms with Gasteiger partial charge in [-0.1, -0.05) is 11.6 Å². The summed E-state index contributed by atoms with van der Waals surface area (Å²) in [5, 5.41) is 2.99. The SMILES string of the molecule is CC(C)(C)OC(=O)CN1Cc2c(ccnc2Cl)NC1=O. The number of urea groups is 1. The molecule has 1 N–H and O–H groups in total. The van der Waals surface area contributed by atoms with Gasteiger partial charge in [-0.25, -0.2) is 9.78 Å². The van der Waals surface area contributed by atoms with E-state index in [9.17, 15) is 9.59 Å². The van der Waals surface area contributed by atoms with Crippen LogP contribution in [0, 0.1) is 0 Å². The van der Waals surface area contributed by atoms with Crippen molar-refractivity contribution in [1.82, 2.24) is 9.88 Å². The Hall–Kier alpha value is -1.82. The molecule has 7 heteroatoms. The van der Waals surface area contributed by atoms with Gasteiger partial charge < -0.3 is 15.0 Å². The van der Waals surface area contributed by atoms with Crippen LogP contribution >= 0.6 is 11.6 Å². The van der Waals surface area contributed by atoms with Gasteiger partial charge in [0.25, 0.3) is 0 Å². The van der Waals surface area contributed by atoms with Crippen LogP contribution in [-0.2, 0) is 16.1 Å². The molecule has 0 radical (unpaired) electrons. The molecule has 0 aliphatic carbocycles. The first kappa shape index (κ1) is 14.6. The number of carbonyl (C=O) groups excluding carboxylic acids is 2. The smallest absolute Gasteiger partial charge is 0.326 e. The van der Waals surface area contributed by atoms with Crippen LogP contribution in [0.25, 0.3) is 0 Å². The lowest BCUT2D eigenvalue weighted by atomic mass is 10.2. The molecule has 0 saturated carbocycles. The van der Waals surface area contributed by atoms with Gasteiger partial charge in [-0.05, 0) is 26.8 Å². The summed E-state index contributed by atoms with van der Waals surface area (Å²) in [6.45, 7) is 5.42. The monoisotopic (exact) mass is 297 g/mol. The van der Waals surface area contributed by atoms with Crippen molar-refractivity contribution in [1.29, 1.82) is 0 Å². The lowest BCUT2D eigenvalue weighted by molar-refractivity contribution is -0.155. The molecule has 0 aromatic carbocycles. The van der Waals surface area contributed by atoms with Crippen molar-refractivity contribution in [3.05, 3.63) is 23.0 Å². The molecule has 1 aliphatic rings. The van der Waals surface area contributed by atoms with E-state index < -0.39 is 11.6 Å². The number of hydrogen-bond acceptors (Lipinski definition) is 4. The predicted octanol–water partition coefficient (Wildman–Crippen LogP) is 2.42. The van der Waals surface area contributed by atoms with Gasteiger partial charge in [0.15, 0.2) is 0 Å². The van der Waals surface area contributed by atoms with Crippen molar-refractivity contribution in [2.24, 2.45) is 0 Å². The molecule has 2 amide bonds. The number of aromatic nitrogens is 1. The summed E-state index contributed by atoms with van der Waals surface area (Å²) in [7, 11) is 0. The van der Waals surface area contributed by atoms with Crippen molar-refractivity contribution in [2.45, 2.75) is 32.9 Å². The number of hydrogen-bond donors (Lipinski definition) is 1. The van der Waals surface area contributed by atoms with E-state index in [1.807, 2.05) is 0 Å². The number of anilines is 1. The standard InChI is InChI=1S/C13H16ClN3O3/c1-13(2,3)20-10(18)7-17-6-8-9(16-12(17)19)4-5-15-11(8)14/h4-5H,6-7H2,1-3H3,(H,16,19). The summed E-state index contributed by atoms with van der Waals surface area (Å²) in [6.07, 6.45) is 1.52. The van der Waals surface area contributed by atoms with E-state index in [-0.39, 0.29) is 19.1 Å². The maximum Gasteiger partial charge on any atom is 0.326 e. The minimum atomic E-state index is -0.583. The molecular formula is C13H16ClN3O3. The van der Waals surface area contributed by atoms with Crippen LogP contribution in [-0.4, -0.2) is 34.0 Å². The topological polar surface area (TPSA) is 71.5 Å². The van der Waals surface area contributed by atoms with Crippen molar-refractivity contribution in [3.8, 4) is 0 Å². The highest BCUT2D eigenvalue weighted by Gasteiger charge is 2.28. The number of halogens is 1. The first-order valence-corrected chi connectivity index (χ1v) is 6.55. The van der Waals surface area contributed by atoms with E-state index in [0.29, 0.717) is 16.4 Å². The Morgan fingerprint density at radius 1 is 1.55 bits per heavy atom. The highest BCUT2D eigenvalue weighted by atomic mass is 35.5. The van der Waals surface area contributed by atoms with Crippen LogP contribution in [0.1, 0.15) is 26.3 Å². The molecule has 1 aromatic rings. The molecule has 0 atom stereocenters. The van der Waals surface area contributed by atoms with Gasteiger partial charge in [-0.3, -0.25) is 4.79 Å². The Morgan fingerprint density at radius 2 is 2.25 bits per heavy atom. The second-order valence-corrected chi connectivity index (χ2v) is 5.86. The van der Waals surface area contributed by atoms with Gasteiger partial charge in [0.1, 0.15) is 17.3 Å². The van der Waals surface area contributed by atoms with Crippen molar-refractivity contribution >= 4 is 29.3 Å². The normalized spacial score (nSPS) is 14.6. The first-order chi connectivity index (χ1) is 9.26. The second kappa shape index (κ2) is 5.28. The summed E-state index contributed by atoms with van der Waals surface area (Å²) in [5.74, 6) is -0.462. The van der Waals surface area contributed by atoms with Crippen LogP contribution in [0.3, 0.4) is 0 Å². The van der Waals surface area contributed by atoms with Gasteiger partial charge >= 0.3 is 12.0 Å². The fraction of sp³-hybridized carbons (Fsp3) is 0.462. The maximum absolute atomic E-state index is 11.9. The minimum Gasteiger partial charge on any atom is -0.459 e. The fourth-order valence-corrected chi connectivity index (χ4v) is 2.07. The van der Waals surface area contributed by atoms with E-state index in [0.717, 1.165) is 0 Å². The summed E-state index contributed by atoms with van der Waals surface area (Å²) in [5.41, 5.74) is 0.730. The van der Waals surface area contributed by atoms with Crippen LogP contribution in [0.2, 0.25) is 5.15 Å². The van der Waals surface area contributed by atoms with Crippen molar-refractivity contribution < 1.29 is 14.3 Å². The third-order valence-electron chi connectivity index (χ3n) is 2.62. The van der Waals surface area contributed by atoms with Crippen molar-refractivity contribution in [3.63, 3.8) is 0 Å². The predicted molar refractivity (Wildman–Crippen MR) is 74.5 cm³/mol. The third kappa shape index (κ3) is 3.39. The Morgan fingerprint density at radius 3 is 2.90 bits per heavy atom. The number of amides is 2. The summed E-state index contributed by atoms with van der Waals surface area (Å²) in [6, 6.07) is 1.31. The quantitative estimate of drug-likeness (QED) is 0.672. The minimum absolute atomic E-state index is 0.131. The Balaban J connectivity index is 2.10. The molecule has 0 bridgehead atoms.